The van der Waals surface area contributed by atoms with E-state index in [-0.39, 0.29) is 9.56 Å². The summed E-state index contributed by atoms with van der Waals surface area (Å²) in [4.78, 5) is 2.18. The van der Waals surface area contributed by atoms with Crippen molar-refractivity contribution in [2.75, 3.05) is 33.2 Å². The van der Waals surface area contributed by atoms with Crippen molar-refractivity contribution < 1.29 is 12.8 Å². The van der Waals surface area contributed by atoms with E-state index in [1.807, 2.05) is 18.9 Å². The Morgan fingerprint density at radius 3 is 2.67 bits per heavy atom. The molecule has 2 N–H and O–H groups in total. The van der Waals surface area contributed by atoms with Crippen LogP contribution in [0.1, 0.15) is 26.0 Å². The Morgan fingerprint density at radius 2 is 2.05 bits per heavy atom. The van der Waals surface area contributed by atoms with E-state index in [0.29, 0.717) is 25.4 Å². The van der Waals surface area contributed by atoms with E-state index in [0.717, 1.165) is 19.5 Å². The molecule has 0 atom stereocenters. The van der Waals surface area contributed by atoms with Gasteiger partial charge in [0.2, 0.25) is 10.0 Å². The predicted octanol–water partition coefficient (Wildman–Crippen LogP) is 1.77. The van der Waals surface area contributed by atoms with Gasteiger partial charge in [0.25, 0.3) is 0 Å². The molecule has 0 unspecified atom stereocenters. The fourth-order valence-corrected chi connectivity index (χ4v) is 3.68. The highest BCUT2D eigenvalue weighted by molar-refractivity contribution is 9.10. The minimum atomic E-state index is -3.55. The molecular formula is C13H24BrN3O3S. The van der Waals surface area contributed by atoms with Crippen LogP contribution in [-0.4, -0.2) is 46.5 Å². The molecule has 0 aliphatic heterocycles. The highest BCUT2D eigenvalue weighted by atomic mass is 79.9. The van der Waals surface area contributed by atoms with E-state index < -0.39 is 10.0 Å². The summed E-state index contributed by atoms with van der Waals surface area (Å²) in [6.07, 6.45) is 1.01. The first-order chi connectivity index (χ1) is 9.90. The molecule has 0 saturated heterocycles. The SMILES string of the molecule is CCCNCc1cc(S(=O)(=O)NCCN(C)CC)c(Br)o1. The Morgan fingerprint density at radius 1 is 1.33 bits per heavy atom. The average Bonchev–Trinajstić information content (AvgIpc) is 2.80. The van der Waals surface area contributed by atoms with E-state index in [4.69, 9.17) is 4.42 Å². The van der Waals surface area contributed by atoms with Gasteiger partial charge >= 0.3 is 0 Å². The molecule has 0 bridgehead atoms. The third-order valence-corrected chi connectivity index (χ3v) is 5.37. The summed E-state index contributed by atoms with van der Waals surface area (Å²) in [5.41, 5.74) is 0. The first kappa shape index (κ1) is 18.6. The largest absolute Gasteiger partial charge is 0.452 e. The van der Waals surface area contributed by atoms with Gasteiger partial charge in [-0.1, -0.05) is 13.8 Å². The van der Waals surface area contributed by atoms with Gasteiger partial charge in [-0.25, -0.2) is 13.1 Å². The molecular weight excluding hydrogens is 358 g/mol. The summed E-state index contributed by atoms with van der Waals surface area (Å²) >= 11 is 3.17. The highest BCUT2D eigenvalue weighted by Crippen LogP contribution is 2.25. The Labute approximate surface area is 135 Å². The zero-order chi connectivity index (χ0) is 15.9. The molecule has 0 amide bonds. The van der Waals surface area contributed by atoms with Gasteiger partial charge in [0.1, 0.15) is 10.7 Å². The summed E-state index contributed by atoms with van der Waals surface area (Å²) in [6.45, 7) is 7.38. The van der Waals surface area contributed by atoms with Gasteiger partial charge in [-0.2, -0.15) is 0 Å². The second-order valence-corrected chi connectivity index (χ2v) is 7.28. The maximum Gasteiger partial charge on any atom is 0.245 e. The van der Waals surface area contributed by atoms with E-state index >= 15 is 0 Å². The van der Waals surface area contributed by atoms with E-state index in [9.17, 15) is 8.42 Å². The first-order valence-electron chi connectivity index (χ1n) is 7.07. The van der Waals surface area contributed by atoms with Crippen LogP contribution >= 0.6 is 15.9 Å². The van der Waals surface area contributed by atoms with Crippen LogP contribution in [-0.2, 0) is 16.6 Å². The molecule has 8 heteroatoms. The van der Waals surface area contributed by atoms with Gasteiger partial charge < -0.3 is 14.6 Å². The van der Waals surface area contributed by atoms with Crippen LogP contribution in [0.25, 0.3) is 0 Å². The number of hydrogen-bond donors (Lipinski definition) is 2. The summed E-state index contributed by atoms with van der Waals surface area (Å²) in [7, 11) is -1.61. The lowest BCUT2D eigenvalue weighted by molar-refractivity contribution is 0.358. The van der Waals surface area contributed by atoms with Crippen molar-refractivity contribution in [2.45, 2.75) is 31.7 Å². The van der Waals surface area contributed by atoms with Crippen LogP contribution in [0.15, 0.2) is 20.0 Å². The molecule has 0 aliphatic rings. The number of rotatable bonds is 10. The van der Waals surface area contributed by atoms with Crippen LogP contribution in [0, 0.1) is 0 Å². The van der Waals surface area contributed by atoms with Crippen LogP contribution < -0.4 is 10.0 Å². The Hall–Kier alpha value is -0.410. The standard InChI is InChI=1S/C13H24BrN3O3S/c1-4-6-15-10-11-9-12(13(14)20-11)21(18,19)16-7-8-17(3)5-2/h9,15-16H,4-8,10H2,1-3H3. The number of nitrogens with zero attached hydrogens (tertiary/aromatic N) is 1. The van der Waals surface area contributed by atoms with Crippen molar-refractivity contribution in [3.8, 4) is 0 Å². The fraction of sp³-hybridized carbons (Fsp3) is 0.692. The number of sulfonamides is 1. The van der Waals surface area contributed by atoms with Crippen molar-refractivity contribution in [3.05, 3.63) is 16.5 Å². The maximum atomic E-state index is 12.2. The fourth-order valence-electron chi connectivity index (χ4n) is 1.66. The van der Waals surface area contributed by atoms with Crippen molar-refractivity contribution >= 4 is 26.0 Å². The van der Waals surface area contributed by atoms with Gasteiger partial charge in [-0.3, -0.25) is 0 Å². The topological polar surface area (TPSA) is 74.6 Å². The van der Waals surface area contributed by atoms with Gasteiger partial charge in [0.15, 0.2) is 4.67 Å². The van der Waals surface area contributed by atoms with Crippen molar-refractivity contribution in [2.24, 2.45) is 0 Å². The Kier molecular flexibility index (Phi) is 7.89. The van der Waals surface area contributed by atoms with Crippen molar-refractivity contribution in [3.63, 3.8) is 0 Å². The van der Waals surface area contributed by atoms with Crippen LogP contribution in [0.4, 0.5) is 0 Å². The summed E-state index contributed by atoms with van der Waals surface area (Å²) < 4.78 is 32.7. The smallest absolute Gasteiger partial charge is 0.245 e. The predicted molar refractivity (Wildman–Crippen MR) is 86.8 cm³/mol. The lowest BCUT2D eigenvalue weighted by atomic mass is 10.4. The normalized spacial score (nSPS) is 12.2. The molecule has 1 heterocycles. The van der Waals surface area contributed by atoms with E-state index in [2.05, 4.69) is 32.9 Å². The molecule has 1 rings (SSSR count). The molecule has 1 aromatic heterocycles. The number of nitrogens with one attached hydrogen (secondary N) is 2. The molecule has 0 fully saturated rings. The lowest BCUT2D eigenvalue weighted by Crippen LogP contribution is -2.32. The number of hydrogen-bond acceptors (Lipinski definition) is 5. The lowest BCUT2D eigenvalue weighted by Gasteiger charge is -2.13. The molecule has 122 valence electrons. The number of furan rings is 1. The molecule has 0 aromatic carbocycles. The van der Waals surface area contributed by atoms with Crippen molar-refractivity contribution in [1.82, 2.24) is 14.9 Å². The van der Waals surface area contributed by atoms with Gasteiger partial charge in [-0.15, -0.1) is 0 Å². The molecule has 1 aromatic rings. The van der Waals surface area contributed by atoms with E-state index in [1.54, 1.807) is 6.07 Å². The van der Waals surface area contributed by atoms with Crippen LogP contribution in [0.3, 0.4) is 0 Å². The Balaban J connectivity index is 2.65. The van der Waals surface area contributed by atoms with E-state index in [1.165, 1.54) is 0 Å². The Bertz CT molecular complexity index is 531. The van der Waals surface area contributed by atoms with Gasteiger partial charge in [0, 0.05) is 19.2 Å². The van der Waals surface area contributed by atoms with Gasteiger partial charge in [-0.05, 0) is 42.5 Å². The second kappa shape index (κ2) is 8.89. The monoisotopic (exact) mass is 381 g/mol. The summed E-state index contributed by atoms with van der Waals surface area (Å²) in [5.74, 6) is 0.598. The summed E-state index contributed by atoms with van der Waals surface area (Å²) in [6, 6.07) is 1.55. The summed E-state index contributed by atoms with van der Waals surface area (Å²) in [5, 5.41) is 3.17. The molecule has 0 saturated carbocycles. The number of halogens is 1. The quantitative estimate of drug-likeness (QED) is 0.604. The van der Waals surface area contributed by atoms with Crippen LogP contribution in [0.5, 0.6) is 0 Å². The van der Waals surface area contributed by atoms with Gasteiger partial charge in [0.05, 0.1) is 6.54 Å². The zero-order valence-corrected chi connectivity index (χ0v) is 15.2. The third kappa shape index (κ3) is 6.07. The van der Waals surface area contributed by atoms with Crippen molar-refractivity contribution in [1.29, 1.82) is 0 Å². The maximum absolute atomic E-state index is 12.2. The molecule has 21 heavy (non-hydrogen) atoms. The highest BCUT2D eigenvalue weighted by Gasteiger charge is 2.22. The molecule has 0 aliphatic carbocycles. The first-order valence-corrected chi connectivity index (χ1v) is 9.35. The second-order valence-electron chi connectivity index (χ2n) is 4.82. The minimum absolute atomic E-state index is 0.148. The zero-order valence-electron chi connectivity index (χ0n) is 12.8. The average molecular weight is 382 g/mol. The molecule has 6 nitrogen and oxygen atoms in total. The number of likely N-dealkylation sites (N-methyl/N-ethyl adjacent to an activating group) is 1. The molecule has 0 radical (unpaired) electrons. The van der Waals surface area contributed by atoms with Crippen LogP contribution in [0.2, 0.25) is 0 Å². The minimum Gasteiger partial charge on any atom is -0.452 e. The molecule has 0 spiro atoms. The third-order valence-electron chi connectivity index (χ3n) is 3.05.